The normalized spacial score (nSPS) is 17.3. The van der Waals surface area contributed by atoms with E-state index in [1.54, 1.807) is 0 Å². The smallest absolute Gasteiger partial charge is 0.304 e. The van der Waals surface area contributed by atoms with Gasteiger partial charge in [0.15, 0.2) is 0 Å². The molecule has 0 radical (unpaired) electrons. The number of carboxylic acids is 1. The second-order valence-electron chi connectivity index (χ2n) is 9.11. The van der Waals surface area contributed by atoms with Crippen molar-refractivity contribution in [3.63, 3.8) is 0 Å². The first-order valence-electron chi connectivity index (χ1n) is 11.9. The third-order valence-corrected chi connectivity index (χ3v) is 6.95. The Hall–Kier alpha value is -2.33. The Kier molecular flexibility index (Phi) is 7.29. The molecule has 0 amide bonds. The second-order valence-corrected chi connectivity index (χ2v) is 9.11. The monoisotopic (exact) mass is 421 g/mol. The fraction of sp³-hybridized carbons (Fsp3) is 0.519. The molecule has 0 saturated heterocycles. The number of nitrogens with zero attached hydrogens (tertiary/aromatic N) is 1. The van der Waals surface area contributed by atoms with Crippen molar-refractivity contribution < 1.29 is 14.6 Å². The predicted octanol–water partition coefficient (Wildman–Crippen LogP) is 5.71. The van der Waals surface area contributed by atoms with Crippen molar-refractivity contribution in [3.8, 4) is 5.75 Å². The van der Waals surface area contributed by atoms with Crippen LogP contribution in [-0.2, 0) is 30.8 Å². The van der Waals surface area contributed by atoms with Crippen LogP contribution in [0.4, 0.5) is 0 Å². The van der Waals surface area contributed by atoms with Crippen LogP contribution in [0.1, 0.15) is 79.2 Å². The molecule has 2 aromatic carbocycles. The van der Waals surface area contributed by atoms with E-state index in [9.17, 15) is 4.79 Å². The third-order valence-electron chi connectivity index (χ3n) is 6.95. The summed E-state index contributed by atoms with van der Waals surface area (Å²) in [7, 11) is 0. The van der Waals surface area contributed by atoms with E-state index in [1.807, 2.05) is 0 Å². The van der Waals surface area contributed by atoms with E-state index >= 15 is 0 Å². The molecule has 166 valence electrons. The molecule has 4 heteroatoms. The Bertz CT molecular complexity index is 901. The number of carbonyl (C=O) groups is 1. The molecular formula is C27H35NO3. The minimum atomic E-state index is -0.726. The van der Waals surface area contributed by atoms with Crippen LogP contribution in [0.25, 0.3) is 0 Å². The van der Waals surface area contributed by atoms with E-state index in [-0.39, 0.29) is 6.42 Å². The molecule has 0 aromatic heterocycles. The summed E-state index contributed by atoms with van der Waals surface area (Å²) >= 11 is 0. The van der Waals surface area contributed by atoms with Gasteiger partial charge in [-0.25, -0.2) is 0 Å². The first kappa shape index (κ1) is 21.9. The van der Waals surface area contributed by atoms with Crippen LogP contribution in [0.5, 0.6) is 5.75 Å². The second kappa shape index (κ2) is 10.3. The Morgan fingerprint density at radius 1 is 1.10 bits per heavy atom. The molecule has 1 aliphatic carbocycles. The van der Waals surface area contributed by atoms with Crippen molar-refractivity contribution in [1.82, 2.24) is 4.90 Å². The van der Waals surface area contributed by atoms with Gasteiger partial charge in [-0.1, -0.05) is 50.5 Å². The highest BCUT2D eigenvalue weighted by molar-refractivity contribution is 5.66. The molecule has 4 nitrogen and oxygen atoms in total. The topological polar surface area (TPSA) is 49.8 Å². The van der Waals surface area contributed by atoms with E-state index in [2.05, 4.69) is 48.2 Å². The number of hydrogen-bond donors (Lipinski definition) is 1. The van der Waals surface area contributed by atoms with E-state index in [0.717, 1.165) is 37.6 Å². The minimum Gasteiger partial charge on any atom is -0.489 e. The highest BCUT2D eigenvalue weighted by Crippen LogP contribution is 2.36. The standard InChI is InChI=1S/C27H35NO3/c1-2-21-17-25(10-11-26(21)22-6-4-3-5-7-22)31-19-20-8-9-24-18-28(15-13-27(29)30)14-12-23(24)16-20/h8-11,16-17,22H,2-7,12-15,18-19H2,1H3,(H,29,30). The fourth-order valence-electron chi connectivity index (χ4n) is 5.16. The summed E-state index contributed by atoms with van der Waals surface area (Å²) in [6.07, 6.45) is 9.01. The Labute approximate surface area is 186 Å². The average Bonchev–Trinajstić information content (AvgIpc) is 2.81. The molecule has 4 rings (SSSR count). The molecule has 0 unspecified atom stereocenters. The van der Waals surface area contributed by atoms with Crippen molar-refractivity contribution in [2.24, 2.45) is 0 Å². The summed E-state index contributed by atoms with van der Waals surface area (Å²) in [5.41, 5.74) is 6.86. The molecule has 1 heterocycles. The van der Waals surface area contributed by atoms with Crippen LogP contribution < -0.4 is 4.74 Å². The molecule has 1 N–H and O–H groups in total. The summed E-state index contributed by atoms with van der Waals surface area (Å²) in [5.74, 6) is 0.971. The molecule has 1 saturated carbocycles. The van der Waals surface area contributed by atoms with Gasteiger partial charge in [0.05, 0.1) is 6.42 Å². The van der Waals surface area contributed by atoms with Gasteiger partial charge >= 0.3 is 5.97 Å². The van der Waals surface area contributed by atoms with Gasteiger partial charge in [-0.3, -0.25) is 9.69 Å². The minimum absolute atomic E-state index is 0.209. The van der Waals surface area contributed by atoms with Crippen LogP contribution in [0, 0.1) is 0 Å². The Morgan fingerprint density at radius 3 is 2.71 bits per heavy atom. The van der Waals surface area contributed by atoms with Gasteiger partial charge in [-0.15, -0.1) is 0 Å². The largest absolute Gasteiger partial charge is 0.489 e. The van der Waals surface area contributed by atoms with Gasteiger partial charge in [-0.2, -0.15) is 0 Å². The lowest BCUT2D eigenvalue weighted by atomic mass is 9.81. The third kappa shape index (κ3) is 5.68. The molecule has 0 bridgehead atoms. The number of aryl methyl sites for hydroxylation is 1. The van der Waals surface area contributed by atoms with Crippen molar-refractivity contribution in [3.05, 3.63) is 64.2 Å². The number of benzene rings is 2. The SMILES string of the molecule is CCc1cc(OCc2ccc3c(c2)CCN(CCC(=O)O)C3)ccc1C1CCCCC1. The van der Waals surface area contributed by atoms with Crippen LogP contribution in [0.3, 0.4) is 0 Å². The van der Waals surface area contributed by atoms with Gasteiger partial charge in [0.1, 0.15) is 12.4 Å². The highest BCUT2D eigenvalue weighted by atomic mass is 16.5. The lowest BCUT2D eigenvalue weighted by molar-refractivity contribution is -0.137. The lowest BCUT2D eigenvalue weighted by Gasteiger charge is -2.28. The number of aliphatic carboxylic acids is 1. The molecular weight excluding hydrogens is 386 g/mol. The molecule has 0 spiro atoms. The highest BCUT2D eigenvalue weighted by Gasteiger charge is 2.19. The predicted molar refractivity (Wildman–Crippen MR) is 124 cm³/mol. The molecule has 2 aromatic rings. The summed E-state index contributed by atoms with van der Waals surface area (Å²) in [5, 5.41) is 8.90. The van der Waals surface area contributed by atoms with E-state index in [4.69, 9.17) is 9.84 Å². The maximum Gasteiger partial charge on any atom is 0.304 e. The summed E-state index contributed by atoms with van der Waals surface area (Å²) in [6, 6.07) is 13.3. The Morgan fingerprint density at radius 2 is 1.94 bits per heavy atom. The summed E-state index contributed by atoms with van der Waals surface area (Å²) < 4.78 is 6.18. The van der Waals surface area contributed by atoms with Crippen LogP contribution in [-0.4, -0.2) is 29.1 Å². The van der Waals surface area contributed by atoms with Gasteiger partial charge in [0.25, 0.3) is 0 Å². The van der Waals surface area contributed by atoms with Crippen LogP contribution >= 0.6 is 0 Å². The first-order valence-corrected chi connectivity index (χ1v) is 11.9. The number of rotatable bonds is 8. The number of ether oxygens (including phenoxy) is 1. The van der Waals surface area contributed by atoms with Crippen molar-refractivity contribution >= 4 is 5.97 Å². The zero-order valence-corrected chi connectivity index (χ0v) is 18.7. The van der Waals surface area contributed by atoms with E-state index in [0.29, 0.717) is 13.2 Å². The first-order chi connectivity index (χ1) is 15.1. The maximum absolute atomic E-state index is 10.8. The van der Waals surface area contributed by atoms with Gasteiger partial charge < -0.3 is 9.84 Å². The molecule has 2 aliphatic rings. The van der Waals surface area contributed by atoms with Crippen LogP contribution in [0.15, 0.2) is 36.4 Å². The number of fused-ring (bicyclic) bond motifs is 1. The Balaban J connectivity index is 1.37. The average molecular weight is 422 g/mol. The lowest BCUT2D eigenvalue weighted by Crippen LogP contribution is -2.32. The number of carboxylic acid groups (broad SMARTS) is 1. The van der Waals surface area contributed by atoms with Crippen LogP contribution in [0.2, 0.25) is 0 Å². The number of hydrogen-bond acceptors (Lipinski definition) is 3. The zero-order chi connectivity index (χ0) is 21.6. The molecule has 1 aliphatic heterocycles. The van der Waals surface area contributed by atoms with Crippen molar-refractivity contribution in [2.75, 3.05) is 13.1 Å². The molecule has 31 heavy (non-hydrogen) atoms. The fourth-order valence-corrected chi connectivity index (χ4v) is 5.16. The summed E-state index contributed by atoms with van der Waals surface area (Å²) in [4.78, 5) is 13.0. The maximum atomic E-state index is 10.8. The van der Waals surface area contributed by atoms with Gasteiger partial charge in [0, 0.05) is 19.6 Å². The summed E-state index contributed by atoms with van der Waals surface area (Å²) in [6.45, 7) is 5.21. The quantitative estimate of drug-likeness (QED) is 0.593. The van der Waals surface area contributed by atoms with E-state index < -0.39 is 5.97 Å². The van der Waals surface area contributed by atoms with E-state index in [1.165, 1.54) is 59.9 Å². The zero-order valence-electron chi connectivity index (χ0n) is 18.7. The van der Waals surface area contributed by atoms with Crippen molar-refractivity contribution in [2.45, 2.75) is 77.4 Å². The van der Waals surface area contributed by atoms with Gasteiger partial charge in [-0.05, 0) is 71.6 Å². The molecule has 0 atom stereocenters. The van der Waals surface area contributed by atoms with Crippen molar-refractivity contribution in [1.29, 1.82) is 0 Å². The van der Waals surface area contributed by atoms with Gasteiger partial charge in [0.2, 0.25) is 0 Å². The molecule has 1 fully saturated rings.